The number of nitrogens with zero attached hydrogens (tertiary/aromatic N) is 2. The Balaban J connectivity index is 1.29. The molecule has 0 saturated carbocycles. The monoisotopic (exact) mass is 390 g/mol. The summed E-state index contributed by atoms with van der Waals surface area (Å²) >= 11 is 1.77. The van der Waals surface area contributed by atoms with E-state index < -0.39 is 0 Å². The van der Waals surface area contributed by atoms with Crippen molar-refractivity contribution in [2.45, 2.75) is 71.0 Å². The summed E-state index contributed by atoms with van der Waals surface area (Å²) in [5.41, 5.74) is 1.45. The second kappa shape index (κ2) is 8.62. The van der Waals surface area contributed by atoms with Crippen LogP contribution in [-0.2, 0) is 17.6 Å². The minimum atomic E-state index is 0.278. The zero-order chi connectivity index (χ0) is 18.8. The summed E-state index contributed by atoms with van der Waals surface area (Å²) in [5.74, 6) is 0.992. The van der Waals surface area contributed by atoms with Gasteiger partial charge in [0.1, 0.15) is 0 Å². The Bertz CT molecular complexity index is 617. The highest BCUT2D eigenvalue weighted by Crippen LogP contribution is 2.31. The first-order valence-corrected chi connectivity index (χ1v) is 11.7. The van der Waals surface area contributed by atoms with E-state index in [4.69, 9.17) is 4.74 Å². The molecule has 2 unspecified atom stereocenters. The molecule has 0 N–H and O–H groups in total. The summed E-state index contributed by atoms with van der Waals surface area (Å²) in [7, 11) is 0. The summed E-state index contributed by atoms with van der Waals surface area (Å²) in [6, 6.07) is 2.20. The van der Waals surface area contributed by atoms with Crippen molar-refractivity contribution in [1.82, 2.24) is 9.80 Å². The van der Waals surface area contributed by atoms with E-state index >= 15 is 0 Å². The van der Waals surface area contributed by atoms with Crippen LogP contribution < -0.4 is 0 Å². The van der Waals surface area contributed by atoms with Crippen LogP contribution in [0.4, 0.5) is 0 Å². The smallest absolute Gasteiger partial charge is 0.263 e. The Kier molecular flexibility index (Phi) is 6.20. The highest BCUT2D eigenvalue weighted by Gasteiger charge is 2.29. The van der Waals surface area contributed by atoms with Gasteiger partial charge in [-0.15, -0.1) is 11.3 Å². The molecule has 2 saturated heterocycles. The second-order valence-electron chi connectivity index (χ2n) is 8.83. The molecule has 2 aliphatic heterocycles. The maximum Gasteiger partial charge on any atom is 0.263 e. The van der Waals surface area contributed by atoms with Crippen LogP contribution in [0.1, 0.15) is 66.1 Å². The van der Waals surface area contributed by atoms with Crippen LogP contribution in [-0.4, -0.2) is 60.6 Å². The van der Waals surface area contributed by atoms with Crippen LogP contribution in [0.25, 0.3) is 0 Å². The molecule has 150 valence electrons. The highest BCUT2D eigenvalue weighted by atomic mass is 32.1. The van der Waals surface area contributed by atoms with E-state index in [1.807, 2.05) is 0 Å². The van der Waals surface area contributed by atoms with Crippen molar-refractivity contribution < 1.29 is 9.53 Å². The third-order valence-electron chi connectivity index (χ3n) is 6.37. The minimum absolute atomic E-state index is 0.278. The van der Waals surface area contributed by atoms with Crippen molar-refractivity contribution in [2.24, 2.45) is 5.92 Å². The largest absolute Gasteiger partial charge is 0.373 e. The highest BCUT2D eigenvalue weighted by molar-refractivity contribution is 7.14. The number of carbonyl (C=O) groups excluding carboxylic acids is 1. The molecule has 4 rings (SSSR count). The number of piperidine rings is 1. The number of morpholine rings is 1. The van der Waals surface area contributed by atoms with Crippen molar-refractivity contribution in [1.29, 1.82) is 0 Å². The van der Waals surface area contributed by atoms with Crippen LogP contribution in [0.3, 0.4) is 0 Å². The fourth-order valence-electron chi connectivity index (χ4n) is 5.05. The van der Waals surface area contributed by atoms with Crippen molar-refractivity contribution in [3.05, 3.63) is 21.4 Å². The van der Waals surface area contributed by atoms with Crippen LogP contribution >= 0.6 is 11.3 Å². The number of aryl methyl sites for hydroxylation is 2. The second-order valence-corrected chi connectivity index (χ2v) is 9.97. The lowest BCUT2D eigenvalue weighted by Crippen LogP contribution is -2.48. The maximum absolute atomic E-state index is 13.0. The van der Waals surface area contributed by atoms with Gasteiger partial charge in [-0.25, -0.2) is 0 Å². The Morgan fingerprint density at radius 3 is 2.56 bits per heavy atom. The van der Waals surface area contributed by atoms with Crippen molar-refractivity contribution in [3.63, 3.8) is 0 Å². The average Bonchev–Trinajstić information content (AvgIpc) is 2.91. The van der Waals surface area contributed by atoms with Gasteiger partial charge >= 0.3 is 0 Å². The molecule has 1 aliphatic carbocycles. The molecular formula is C22H34N2O2S. The predicted molar refractivity (Wildman–Crippen MR) is 111 cm³/mol. The molecule has 3 aliphatic rings. The number of rotatable bonds is 3. The van der Waals surface area contributed by atoms with Gasteiger partial charge in [0.2, 0.25) is 0 Å². The topological polar surface area (TPSA) is 32.8 Å². The zero-order valence-corrected chi connectivity index (χ0v) is 17.7. The molecule has 1 aromatic heterocycles. The fraction of sp³-hybridized carbons (Fsp3) is 0.773. The van der Waals surface area contributed by atoms with Crippen LogP contribution in [0.2, 0.25) is 0 Å². The lowest BCUT2D eigenvalue weighted by Gasteiger charge is -2.39. The van der Waals surface area contributed by atoms with Crippen molar-refractivity contribution >= 4 is 17.2 Å². The summed E-state index contributed by atoms with van der Waals surface area (Å²) in [5, 5.41) is 0. The van der Waals surface area contributed by atoms with Crippen molar-refractivity contribution in [3.8, 4) is 0 Å². The number of likely N-dealkylation sites (tertiary alicyclic amines) is 1. The number of carbonyl (C=O) groups is 1. The minimum Gasteiger partial charge on any atom is -0.373 e. The SMILES string of the molecule is CC1CN(CC2CCN(C(=O)c3cc4c(s3)CCCCC4)CC2)CC(C)O1. The van der Waals surface area contributed by atoms with E-state index in [0.717, 1.165) is 56.9 Å². The van der Waals surface area contributed by atoms with Crippen molar-refractivity contribution in [2.75, 3.05) is 32.7 Å². The van der Waals surface area contributed by atoms with Gasteiger partial charge in [-0.2, -0.15) is 0 Å². The van der Waals surface area contributed by atoms with Gasteiger partial charge in [0.25, 0.3) is 5.91 Å². The standard InChI is InChI=1S/C22H34N2O2S/c1-16-13-23(14-17(2)26-16)15-18-8-10-24(11-9-18)22(25)21-12-19-6-4-3-5-7-20(19)27-21/h12,16-18H,3-11,13-15H2,1-2H3. The molecule has 2 fully saturated rings. The van der Waals surface area contributed by atoms with Gasteiger partial charge in [0.05, 0.1) is 17.1 Å². The quantitative estimate of drug-likeness (QED) is 0.732. The lowest BCUT2D eigenvalue weighted by atomic mass is 9.95. The van der Waals surface area contributed by atoms with Gasteiger partial charge in [-0.05, 0) is 69.9 Å². The van der Waals surface area contributed by atoms with E-state index in [-0.39, 0.29) is 5.91 Å². The average molecular weight is 391 g/mol. The Labute approximate surface area is 167 Å². The predicted octanol–water partition coefficient (Wildman–Crippen LogP) is 3.98. The third-order valence-corrected chi connectivity index (χ3v) is 7.60. The van der Waals surface area contributed by atoms with E-state index in [9.17, 15) is 4.79 Å². The Hall–Kier alpha value is -0.910. The number of thiophene rings is 1. The number of fused-ring (bicyclic) bond motifs is 1. The molecular weight excluding hydrogens is 356 g/mol. The molecule has 3 heterocycles. The van der Waals surface area contributed by atoms with E-state index in [1.54, 1.807) is 11.3 Å². The molecule has 1 aromatic rings. The number of amides is 1. The summed E-state index contributed by atoms with van der Waals surface area (Å²) in [4.78, 5) is 20.1. The molecule has 0 aromatic carbocycles. The molecule has 4 nitrogen and oxygen atoms in total. The summed E-state index contributed by atoms with van der Waals surface area (Å²) in [6.45, 7) is 9.43. The van der Waals surface area contributed by atoms with Gasteiger partial charge < -0.3 is 9.64 Å². The molecule has 1 amide bonds. The first kappa shape index (κ1) is 19.4. The number of ether oxygens (including phenoxy) is 1. The summed E-state index contributed by atoms with van der Waals surface area (Å²) < 4.78 is 5.85. The summed E-state index contributed by atoms with van der Waals surface area (Å²) in [6.07, 6.45) is 9.18. The van der Waals surface area contributed by atoms with Gasteiger partial charge in [0.15, 0.2) is 0 Å². The number of hydrogen-bond acceptors (Lipinski definition) is 4. The molecule has 0 radical (unpaired) electrons. The fourth-order valence-corrected chi connectivity index (χ4v) is 6.27. The normalized spacial score (nSPS) is 28.0. The van der Waals surface area contributed by atoms with E-state index in [2.05, 4.69) is 29.7 Å². The first-order chi connectivity index (χ1) is 13.1. The Morgan fingerprint density at radius 2 is 1.81 bits per heavy atom. The Morgan fingerprint density at radius 1 is 1.11 bits per heavy atom. The molecule has 0 spiro atoms. The molecule has 5 heteroatoms. The molecule has 27 heavy (non-hydrogen) atoms. The van der Waals surface area contributed by atoms with Gasteiger partial charge in [0, 0.05) is 37.6 Å². The molecule has 2 atom stereocenters. The molecule has 0 bridgehead atoms. The first-order valence-electron chi connectivity index (χ1n) is 10.9. The van der Waals surface area contributed by atoms with Crippen LogP contribution in [0, 0.1) is 5.92 Å². The van der Waals surface area contributed by atoms with Gasteiger partial charge in [-0.1, -0.05) is 6.42 Å². The van der Waals surface area contributed by atoms with E-state index in [1.165, 1.54) is 36.1 Å². The third kappa shape index (κ3) is 4.75. The lowest BCUT2D eigenvalue weighted by molar-refractivity contribution is -0.0728. The van der Waals surface area contributed by atoms with E-state index in [0.29, 0.717) is 18.1 Å². The number of hydrogen-bond donors (Lipinski definition) is 0. The zero-order valence-electron chi connectivity index (χ0n) is 16.9. The van der Waals surface area contributed by atoms with Crippen LogP contribution in [0.5, 0.6) is 0 Å². The van der Waals surface area contributed by atoms with Crippen LogP contribution in [0.15, 0.2) is 6.07 Å². The maximum atomic E-state index is 13.0. The van der Waals surface area contributed by atoms with Gasteiger partial charge in [-0.3, -0.25) is 9.69 Å².